The summed E-state index contributed by atoms with van der Waals surface area (Å²) >= 11 is 0. The summed E-state index contributed by atoms with van der Waals surface area (Å²) in [5.74, 6) is 0. The summed E-state index contributed by atoms with van der Waals surface area (Å²) in [4.78, 5) is 2.60. The number of rotatable bonds is 5. The second-order valence-corrected chi connectivity index (χ2v) is 5.82. The molecule has 0 spiro atoms. The van der Waals surface area contributed by atoms with Gasteiger partial charge >= 0.3 is 0 Å². The van der Waals surface area contributed by atoms with E-state index in [9.17, 15) is 0 Å². The van der Waals surface area contributed by atoms with E-state index in [2.05, 4.69) is 17.1 Å². The Balaban J connectivity index is 1.63. The third kappa shape index (κ3) is 4.52. The molecule has 2 fully saturated rings. The molecule has 0 aromatic heterocycles. The second-order valence-electron chi connectivity index (χ2n) is 5.82. The molecular weight excluding hydrogens is 224 g/mol. The summed E-state index contributed by atoms with van der Waals surface area (Å²) in [6, 6.07) is 1.43. The van der Waals surface area contributed by atoms with Crippen LogP contribution < -0.4 is 5.32 Å². The standard InChI is InChI=1S/C15H30N2O/c1-2-15-13-18-12-11-17(15)10-9-16-14-7-5-3-4-6-8-14/h14-16H,2-13H2,1H3. The van der Waals surface area contributed by atoms with Crippen LogP contribution >= 0.6 is 0 Å². The molecule has 2 rings (SSSR count). The van der Waals surface area contributed by atoms with Gasteiger partial charge in [-0.1, -0.05) is 32.6 Å². The molecule has 0 amide bonds. The van der Waals surface area contributed by atoms with E-state index >= 15 is 0 Å². The van der Waals surface area contributed by atoms with Gasteiger partial charge in [0.2, 0.25) is 0 Å². The molecule has 2 aliphatic rings. The summed E-state index contributed by atoms with van der Waals surface area (Å²) < 4.78 is 5.55. The lowest BCUT2D eigenvalue weighted by Gasteiger charge is -2.35. The predicted molar refractivity (Wildman–Crippen MR) is 76.0 cm³/mol. The fraction of sp³-hybridized carbons (Fsp3) is 1.00. The summed E-state index contributed by atoms with van der Waals surface area (Å²) in [5, 5.41) is 3.77. The van der Waals surface area contributed by atoms with E-state index in [1.807, 2.05) is 0 Å². The Kier molecular flexibility index (Phi) is 6.46. The minimum Gasteiger partial charge on any atom is -0.378 e. The van der Waals surface area contributed by atoms with Crippen molar-refractivity contribution in [3.63, 3.8) is 0 Å². The summed E-state index contributed by atoms with van der Waals surface area (Å²) in [6.07, 6.45) is 9.72. The third-order valence-corrected chi connectivity index (χ3v) is 4.51. The van der Waals surface area contributed by atoms with Crippen molar-refractivity contribution >= 4 is 0 Å². The van der Waals surface area contributed by atoms with Gasteiger partial charge in [0.05, 0.1) is 13.2 Å². The number of nitrogens with zero attached hydrogens (tertiary/aromatic N) is 1. The Hall–Kier alpha value is -0.120. The lowest BCUT2D eigenvalue weighted by Crippen LogP contribution is -2.48. The molecule has 1 saturated heterocycles. The maximum absolute atomic E-state index is 5.55. The Labute approximate surface area is 112 Å². The Morgan fingerprint density at radius 1 is 1.17 bits per heavy atom. The van der Waals surface area contributed by atoms with Gasteiger partial charge in [-0.25, -0.2) is 0 Å². The largest absolute Gasteiger partial charge is 0.378 e. The van der Waals surface area contributed by atoms with Crippen LogP contribution in [0.2, 0.25) is 0 Å². The van der Waals surface area contributed by atoms with Gasteiger partial charge in [-0.15, -0.1) is 0 Å². The van der Waals surface area contributed by atoms with Crippen molar-refractivity contribution in [2.75, 3.05) is 32.8 Å². The second kappa shape index (κ2) is 8.13. The van der Waals surface area contributed by atoms with Gasteiger partial charge in [-0.2, -0.15) is 0 Å². The molecule has 3 heteroatoms. The first kappa shape index (κ1) is 14.3. The molecule has 0 aromatic rings. The maximum Gasteiger partial charge on any atom is 0.0622 e. The summed E-state index contributed by atoms with van der Waals surface area (Å²) in [7, 11) is 0. The van der Waals surface area contributed by atoms with Crippen molar-refractivity contribution in [1.82, 2.24) is 10.2 Å². The molecule has 18 heavy (non-hydrogen) atoms. The average molecular weight is 254 g/mol. The van der Waals surface area contributed by atoms with E-state index in [4.69, 9.17) is 4.74 Å². The van der Waals surface area contributed by atoms with Crippen LogP contribution in [0.15, 0.2) is 0 Å². The van der Waals surface area contributed by atoms with E-state index in [1.54, 1.807) is 0 Å². The van der Waals surface area contributed by atoms with Crippen molar-refractivity contribution < 1.29 is 4.74 Å². The molecule has 1 saturated carbocycles. The minimum absolute atomic E-state index is 0.648. The quantitative estimate of drug-likeness (QED) is 0.763. The van der Waals surface area contributed by atoms with Gasteiger partial charge in [0, 0.05) is 31.7 Å². The van der Waals surface area contributed by atoms with Gasteiger partial charge in [0.15, 0.2) is 0 Å². The Morgan fingerprint density at radius 3 is 2.67 bits per heavy atom. The van der Waals surface area contributed by atoms with E-state index in [-0.39, 0.29) is 0 Å². The van der Waals surface area contributed by atoms with Gasteiger partial charge in [0.1, 0.15) is 0 Å². The molecule has 1 aliphatic carbocycles. The van der Waals surface area contributed by atoms with Crippen molar-refractivity contribution in [3.8, 4) is 0 Å². The number of morpholine rings is 1. The highest BCUT2D eigenvalue weighted by atomic mass is 16.5. The van der Waals surface area contributed by atoms with Crippen LogP contribution in [-0.2, 0) is 4.74 Å². The molecule has 106 valence electrons. The van der Waals surface area contributed by atoms with Crippen LogP contribution in [0.25, 0.3) is 0 Å². The first-order valence-electron chi connectivity index (χ1n) is 7.95. The molecule has 1 heterocycles. The van der Waals surface area contributed by atoms with Gasteiger partial charge < -0.3 is 10.1 Å². The SMILES string of the molecule is CCC1COCCN1CCNC1CCCCCC1. The van der Waals surface area contributed by atoms with E-state index in [1.165, 1.54) is 51.5 Å². The number of hydrogen-bond acceptors (Lipinski definition) is 3. The van der Waals surface area contributed by atoms with E-state index in [0.29, 0.717) is 6.04 Å². The molecule has 0 aromatic carbocycles. The zero-order valence-corrected chi connectivity index (χ0v) is 12.0. The summed E-state index contributed by atoms with van der Waals surface area (Å²) in [6.45, 7) is 7.58. The molecular formula is C15H30N2O. The minimum atomic E-state index is 0.648. The zero-order chi connectivity index (χ0) is 12.6. The molecule has 3 nitrogen and oxygen atoms in total. The monoisotopic (exact) mass is 254 g/mol. The predicted octanol–water partition coefficient (Wildman–Crippen LogP) is 2.41. The topological polar surface area (TPSA) is 24.5 Å². The fourth-order valence-electron chi connectivity index (χ4n) is 3.26. The van der Waals surface area contributed by atoms with Crippen molar-refractivity contribution in [2.45, 2.75) is 64.0 Å². The molecule has 1 N–H and O–H groups in total. The number of ether oxygens (including phenoxy) is 1. The molecule has 1 unspecified atom stereocenters. The average Bonchev–Trinajstić information content (AvgIpc) is 2.68. The van der Waals surface area contributed by atoms with Crippen LogP contribution in [0.1, 0.15) is 51.9 Å². The van der Waals surface area contributed by atoms with Crippen molar-refractivity contribution in [1.29, 1.82) is 0 Å². The van der Waals surface area contributed by atoms with Crippen molar-refractivity contribution in [3.05, 3.63) is 0 Å². The smallest absolute Gasteiger partial charge is 0.0622 e. The highest BCUT2D eigenvalue weighted by molar-refractivity contribution is 4.76. The van der Waals surface area contributed by atoms with Gasteiger partial charge in [0.25, 0.3) is 0 Å². The van der Waals surface area contributed by atoms with E-state index < -0.39 is 0 Å². The molecule has 0 radical (unpaired) electrons. The van der Waals surface area contributed by atoms with Crippen LogP contribution in [0, 0.1) is 0 Å². The van der Waals surface area contributed by atoms with E-state index in [0.717, 1.165) is 32.3 Å². The third-order valence-electron chi connectivity index (χ3n) is 4.51. The molecule has 1 atom stereocenters. The van der Waals surface area contributed by atoms with Crippen LogP contribution in [0.4, 0.5) is 0 Å². The van der Waals surface area contributed by atoms with Crippen LogP contribution in [-0.4, -0.2) is 49.8 Å². The van der Waals surface area contributed by atoms with Gasteiger partial charge in [-0.05, 0) is 19.3 Å². The lowest BCUT2D eigenvalue weighted by molar-refractivity contribution is -0.00813. The molecule has 1 aliphatic heterocycles. The van der Waals surface area contributed by atoms with Crippen LogP contribution in [0.5, 0.6) is 0 Å². The number of nitrogens with one attached hydrogen (secondary N) is 1. The lowest BCUT2D eigenvalue weighted by atomic mass is 10.1. The Bertz CT molecular complexity index is 215. The van der Waals surface area contributed by atoms with Gasteiger partial charge in [-0.3, -0.25) is 4.90 Å². The molecule has 0 bridgehead atoms. The first-order valence-corrected chi connectivity index (χ1v) is 7.95. The zero-order valence-electron chi connectivity index (χ0n) is 12.0. The van der Waals surface area contributed by atoms with Crippen molar-refractivity contribution in [2.24, 2.45) is 0 Å². The van der Waals surface area contributed by atoms with Crippen LogP contribution in [0.3, 0.4) is 0 Å². The fourth-order valence-corrected chi connectivity index (χ4v) is 3.26. The number of hydrogen-bond donors (Lipinski definition) is 1. The normalized spacial score (nSPS) is 28.2. The summed E-state index contributed by atoms with van der Waals surface area (Å²) in [5.41, 5.74) is 0. The highest BCUT2D eigenvalue weighted by Crippen LogP contribution is 2.17. The first-order chi connectivity index (χ1) is 8.90. The Morgan fingerprint density at radius 2 is 1.94 bits per heavy atom. The highest BCUT2D eigenvalue weighted by Gasteiger charge is 2.21. The maximum atomic E-state index is 5.55.